The van der Waals surface area contributed by atoms with Crippen LogP contribution in [0.4, 0.5) is 8.78 Å². The van der Waals surface area contributed by atoms with Crippen molar-refractivity contribution in [2.75, 3.05) is 0 Å². The average molecular weight is 455 g/mol. The first kappa shape index (κ1) is 24.5. The Labute approximate surface area is 197 Å². The van der Waals surface area contributed by atoms with Crippen molar-refractivity contribution < 1.29 is 8.78 Å². The SMILES string of the molecule is CCCC#CCCC1(c2ccc(-c3ccc(CC/C=C/Cl)c(F)c3)c(F)c2)CCCCC1. The standard InChI is InChI=1S/C29H33ClF2/c1-2-3-4-5-8-17-29(18-9-6-10-19-29)25-15-16-26(28(32)22-25)24-14-13-23(27(31)21-24)12-7-11-20-30/h11,13-16,20-22H,2-3,6-10,12,17-19H2,1H3/b20-11+. The molecule has 0 N–H and O–H groups in total. The first-order valence-corrected chi connectivity index (χ1v) is 12.3. The van der Waals surface area contributed by atoms with Gasteiger partial charge in [0.25, 0.3) is 0 Å². The van der Waals surface area contributed by atoms with Gasteiger partial charge < -0.3 is 0 Å². The topological polar surface area (TPSA) is 0 Å². The van der Waals surface area contributed by atoms with Crippen molar-refractivity contribution in [3.05, 3.63) is 70.8 Å². The van der Waals surface area contributed by atoms with Crippen LogP contribution in [-0.4, -0.2) is 0 Å². The van der Waals surface area contributed by atoms with E-state index in [0.29, 0.717) is 29.5 Å². The summed E-state index contributed by atoms with van der Waals surface area (Å²) >= 11 is 5.53. The number of hydrogen-bond donors (Lipinski definition) is 0. The minimum Gasteiger partial charge on any atom is -0.207 e. The molecule has 0 heterocycles. The normalized spacial score (nSPS) is 15.5. The minimum absolute atomic E-state index is 0.00353. The zero-order valence-electron chi connectivity index (χ0n) is 19.0. The molecule has 3 rings (SSSR count). The Hall–Kier alpha value is -2.11. The highest BCUT2D eigenvalue weighted by Crippen LogP contribution is 2.44. The molecule has 0 aromatic heterocycles. The summed E-state index contributed by atoms with van der Waals surface area (Å²) in [7, 11) is 0. The van der Waals surface area contributed by atoms with E-state index in [1.165, 1.54) is 30.9 Å². The summed E-state index contributed by atoms with van der Waals surface area (Å²) in [5, 5.41) is 0. The number of unbranched alkanes of at least 4 members (excludes halogenated alkanes) is 1. The van der Waals surface area contributed by atoms with E-state index >= 15 is 4.39 Å². The van der Waals surface area contributed by atoms with Crippen LogP contribution in [0.15, 0.2) is 48.0 Å². The molecule has 1 aliphatic rings. The number of rotatable bonds is 8. The minimum atomic E-state index is -0.302. The smallest absolute Gasteiger partial charge is 0.131 e. The predicted molar refractivity (Wildman–Crippen MR) is 132 cm³/mol. The van der Waals surface area contributed by atoms with Gasteiger partial charge in [-0.1, -0.05) is 68.1 Å². The molecule has 0 atom stereocenters. The predicted octanol–water partition coefficient (Wildman–Crippen LogP) is 9.10. The van der Waals surface area contributed by atoms with Crippen LogP contribution in [0.1, 0.15) is 82.3 Å². The molecule has 0 radical (unpaired) electrons. The maximum absolute atomic E-state index is 15.3. The molecule has 170 valence electrons. The lowest BCUT2D eigenvalue weighted by atomic mass is 9.66. The molecule has 3 heteroatoms. The van der Waals surface area contributed by atoms with Gasteiger partial charge in [0, 0.05) is 23.9 Å². The maximum Gasteiger partial charge on any atom is 0.131 e. The van der Waals surface area contributed by atoms with Gasteiger partial charge in [-0.15, -0.1) is 11.8 Å². The molecule has 0 unspecified atom stereocenters. The van der Waals surface area contributed by atoms with Crippen LogP contribution in [0.5, 0.6) is 0 Å². The Kier molecular flexibility index (Phi) is 9.36. The molecule has 0 aliphatic heterocycles. The first-order chi connectivity index (χ1) is 15.6. The van der Waals surface area contributed by atoms with E-state index in [-0.39, 0.29) is 17.0 Å². The fraction of sp³-hybridized carbons (Fsp3) is 0.448. The summed E-state index contributed by atoms with van der Waals surface area (Å²) in [6, 6.07) is 10.6. The zero-order valence-corrected chi connectivity index (χ0v) is 19.8. The summed E-state index contributed by atoms with van der Waals surface area (Å²) in [6.07, 6.45) is 12.7. The Balaban J connectivity index is 1.82. The third-order valence-electron chi connectivity index (χ3n) is 6.65. The van der Waals surface area contributed by atoms with Gasteiger partial charge in [0.15, 0.2) is 0 Å². The van der Waals surface area contributed by atoms with E-state index in [1.54, 1.807) is 24.3 Å². The second-order valence-electron chi connectivity index (χ2n) is 8.85. The molecule has 1 saturated carbocycles. The van der Waals surface area contributed by atoms with Crippen LogP contribution in [0, 0.1) is 23.5 Å². The van der Waals surface area contributed by atoms with Gasteiger partial charge in [0.1, 0.15) is 11.6 Å². The summed E-state index contributed by atoms with van der Waals surface area (Å²) < 4.78 is 29.8. The third-order valence-corrected chi connectivity index (χ3v) is 6.83. The van der Waals surface area contributed by atoms with Crippen LogP contribution >= 0.6 is 11.6 Å². The van der Waals surface area contributed by atoms with Gasteiger partial charge in [0.2, 0.25) is 0 Å². The average Bonchev–Trinajstić information content (AvgIpc) is 2.81. The number of halogens is 3. The molecule has 32 heavy (non-hydrogen) atoms. The maximum atomic E-state index is 15.3. The summed E-state index contributed by atoms with van der Waals surface area (Å²) in [5.41, 5.74) is 4.16. The molecule has 1 aliphatic carbocycles. The Morgan fingerprint density at radius 1 is 0.969 bits per heavy atom. The monoisotopic (exact) mass is 454 g/mol. The number of hydrogen-bond acceptors (Lipinski definition) is 0. The van der Waals surface area contributed by atoms with Crippen LogP contribution < -0.4 is 0 Å². The van der Waals surface area contributed by atoms with Crippen LogP contribution in [0.3, 0.4) is 0 Å². The van der Waals surface area contributed by atoms with Crippen LogP contribution in [0.25, 0.3) is 11.1 Å². The van der Waals surface area contributed by atoms with Gasteiger partial charge in [-0.05, 0) is 72.8 Å². The Bertz CT molecular complexity index is 974. The lowest BCUT2D eigenvalue weighted by molar-refractivity contribution is 0.276. The molecule has 0 amide bonds. The molecule has 1 fully saturated rings. The molecule has 0 spiro atoms. The molecule has 0 saturated heterocycles. The highest BCUT2D eigenvalue weighted by Gasteiger charge is 2.33. The first-order valence-electron chi connectivity index (χ1n) is 11.9. The van der Waals surface area contributed by atoms with Crippen molar-refractivity contribution in [3.8, 4) is 23.0 Å². The van der Waals surface area contributed by atoms with Crippen molar-refractivity contribution >= 4 is 11.6 Å². The second kappa shape index (κ2) is 12.2. The van der Waals surface area contributed by atoms with E-state index in [1.807, 2.05) is 6.07 Å². The van der Waals surface area contributed by atoms with Crippen molar-refractivity contribution in [3.63, 3.8) is 0 Å². The van der Waals surface area contributed by atoms with E-state index < -0.39 is 0 Å². The van der Waals surface area contributed by atoms with Crippen LogP contribution in [0.2, 0.25) is 0 Å². The highest BCUT2D eigenvalue weighted by molar-refractivity contribution is 6.25. The quantitative estimate of drug-likeness (QED) is 0.349. The van der Waals surface area contributed by atoms with E-state index in [9.17, 15) is 4.39 Å². The fourth-order valence-electron chi connectivity index (χ4n) is 4.81. The van der Waals surface area contributed by atoms with E-state index in [4.69, 9.17) is 11.6 Å². The molecular weight excluding hydrogens is 422 g/mol. The Morgan fingerprint density at radius 3 is 2.44 bits per heavy atom. The van der Waals surface area contributed by atoms with Gasteiger partial charge >= 0.3 is 0 Å². The van der Waals surface area contributed by atoms with Gasteiger partial charge in [-0.3, -0.25) is 0 Å². The molecule has 2 aromatic carbocycles. The van der Waals surface area contributed by atoms with Crippen molar-refractivity contribution in [2.24, 2.45) is 0 Å². The third kappa shape index (κ3) is 6.23. The summed E-state index contributed by atoms with van der Waals surface area (Å²) in [4.78, 5) is 0. The largest absolute Gasteiger partial charge is 0.207 e. The fourth-order valence-corrected chi connectivity index (χ4v) is 4.94. The number of aryl methyl sites for hydroxylation is 1. The number of allylic oxidation sites excluding steroid dienone is 1. The van der Waals surface area contributed by atoms with Gasteiger partial charge in [0.05, 0.1) is 0 Å². The Morgan fingerprint density at radius 2 is 1.75 bits per heavy atom. The van der Waals surface area contributed by atoms with Crippen LogP contribution in [-0.2, 0) is 11.8 Å². The second-order valence-corrected chi connectivity index (χ2v) is 9.10. The van der Waals surface area contributed by atoms with Gasteiger partial charge in [-0.25, -0.2) is 8.78 Å². The zero-order chi connectivity index (χ0) is 22.8. The molecule has 0 nitrogen and oxygen atoms in total. The highest BCUT2D eigenvalue weighted by atomic mass is 35.5. The van der Waals surface area contributed by atoms with E-state index in [0.717, 1.165) is 44.1 Å². The molecule has 0 bridgehead atoms. The van der Waals surface area contributed by atoms with E-state index in [2.05, 4.69) is 24.8 Å². The molecule has 2 aromatic rings. The summed E-state index contributed by atoms with van der Waals surface area (Å²) in [6.45, 7) is 2.14. The van der Waals surface area contributed by atoms with Crippen molar-refractivity contribution in [1.29, 1.82) is 0 Å². The lowest BCUT2D eigenvalue weighted by Gasteiger charge is -2.38. The lowest BCUT2D eigenvalue weighted by Crippen LogP contribution is -2.29. The number of benzene rings is 2. The van der Waals surface area contributed by atoms with Gasteiger partial charge in [-0.2, -0.15) is 0 Å². The summed E-state index contributed by atoms with van der Waals surface area (Å²) in [5.74, 6) is 5.98. The van der Waals surface area contributed by atoms with Crippen molar-refractivity contribution in [2.45, 2.75) is 83.0 Å². The molecular formula is C29H33ClF2. The van der Waals surface area contributed by atoms with Crippen molar-refractivity contribution in [1.82, 2.24) is 0 Å².